The Kier molecular flexibility index (Phi) is 5.41. The number of carbonyl (C=O) groups excluding carboxylic acids is 1. The zero-order chi connectivity index (χ0) is 12.7. The molecule has 98 valence electrons. The lowest BCUT2D eigenvalue weighted by Gasteiger charge is -2.22. The van der Waals surface area contributed by atoms with Crippen molar-refractivity contribution in [3.63, 3.8) is 0 Å². The van der Waals surface area contributed by atoms with Crippen LogP contribution in [0.3, 0.4) is 0 Å². The van der Waals surface area contributed by atoms with Gasteiger partial charge in [-0.3, -0.25) is 9.59 Å². The van der Waals surface area contributed by atoms with Crippen molar-refractivity contribution in [3.05, 3.63) is 0 Å². The van der Waals surface area contributed by atoms with E-state index in [1.807, 2.05) is 0 Å². The van der Waals surface area contributed by atoms with Gasteiger partial charge in [-0.05, 0) is 32.2 Å². The Balaban J connectivity index is 2.35. The van der Waals surface area contributed by atoms with Gasteiger partial charge in [0.2, 0.25) is 5.91 Å². The summed E-state index contributed by atoms with van der Waals surface area (Å²) in [5, 5.41) is 12.0. The van der Waals surface area contributed by atoms with Crippen molar-refractivity contribution in [1.29, 1.82) is 0 Å². The summed E-state index contributed by atoms with van der Waals surface area (Å²) in [4.78, 5) is 22.9. The molecule has 0 aliphatic heterocycles. The van der Waals surface area contributed by atoms with Crippen LogP contribution in [0.25, 0.3) is 0 Å². The Morgan fingerprint density at radius 3 is 2.41 bits per heavy atom. The van der Waals surface area contributed by atoms with E-state index in [9.17, 15) is 14.7 Å². The Bertz CT molecular complexity index is 273. The number of unbranched alkanes of at least 4 members (excludes halogenated alkanes) is 1. The predicted molar refractivity (Wildman–Crippen MR) is 64.5 cm³/mol. The molecule has 1 aliphatic carbocycles. The molecule has 0 aromatic carbocycles. The summed E-state index contributed by atoms with van der Waals surface area (Å²) in [6.45, 7) is 1.21. The number of hydrogen-bond donors (Lipinski definition) is 3. The first-order valence-corrected chi connectivity index (χ1v) is 6.31. The number of nitrogens with two attached hydrogens (primary N) is 1. The third-order valence-electron chi connectivity index (χ3n) is 3.47. The van der Waals surface area contributed by atoms with Gasteiger partial charge in [0, 0.05) is 13.0 Å². The summed E-state index contributed by atoms with van der Waals surface area (Å²) in [7, 11) is 0. The van der Waals surface area contributed by atoms with Gasteiger partial charge in [0.05, 0.1) is 5.41 Å². The number of rotatable bonds is 7. The molecule has 17 heavy (non-hydrogen) atoms. The van der Waals surface area contributed by atoms with Gasteiger partial charge < -0.3 is 16.2 Å². The maximum absolute atomic E-state index is 11.7. The van der Waals surface area contributed by atoms with Crippen LogP contribution < -0.4 is 11.1 Å². The highest BCUT2D eigenvalue weighted by Crippen LogP contribution is 2.41. The smallest absolute Gasteiger partial charge is 0.310 e. The lowest BCUT2D eigenvalue weighted by molar-refractivity contribution is -0.151. The van der Waals surface area contributed by atoms with Crippen molar-refractivity contribution in [2.24, 2.45) is 11.1 Å². The van der Waals surface area contributed by atoms with Crippen LogP contribution >= 0.6 is 0 Å². The second-order valence-electron chi connectivity index (χ2n) is 4.82. The first-order valence-electron chi connectivity index (χ1n) is 6.31. The molecule has 1 fully saturated rings. The number of carboxylic acid groups (broad SMARTS) is 1. The molecule has 0 bridgehead atoms. The van der Waals surface area contributed by atoms with E-state index >= 15 is 0 Å². The maximum Gasteiger partial charge on any atom is 0.310 e. The summed E-state index contributed by atoms with van der Waals surface area (Å²) in [6, 6.07) is 0. The molecular weight excluding hydrogens is 220 g/mol. The van der Waals surface area contributed by atoms with Crippen molar-refractivity contribution in [3.8, 4) is 0 Å². The monoisotopic (exact) mass is 242 g/mol. The molecule has 0 radical (unpaired) electrons. The number of amides is 1. The zero-order valence-corrected chi connectivity index (χ0v) is 10.2. The van der Waals surface area contributed by atoms with Crippen LogP contribution in [-0.4, -0.2) is 30.1 Å². The number of aliphatic carboxylic acids is 1. The van der Waals surface area contributed by atoms with Gasteiger partial charge in [-0.2, -0.15) is 0 Å². The average Bonchev–Trinajstić information content (AvgIpc) is 2.74. The van der Waals surface area contributed by atoms with E-state index in [1.165, 1.54) is 0 Å². The molecule has 0 atom stereocenters. The highest BCUT2D eigenvalue weighted by Gasteiger charge is 2.42. The molecule has 1 saturated carbocycles. The molecule has 0 unspecified atom stereocenters. The summed E-state index contributed by atoms with van der Waals surface area (Å²) in [5.41, 5.74) is 4.54. The number of nitrogens with one attached hydrogen (secondary N) is 1. The van der Waals surface area contributed by atoms with Gasteiger partial charge in [-0.25, -0.2) is 0 Å². The summed E-state index contributed by atoms with van der Waals surface area (Å²) >= 11 is 0. The van der Waals surface area contributed by atoms with E-state index in [0.717, 1.165) is 25.7 Å². The second kappa shape index (κ2) is 6.59. The Morgan fingerprint density at radius 1 is 1.24 bits per heavy atom. The summed E-state index contributed by atoms with van der Waals surface area (Å²) < 4.78 is 0. The normalized spacial score (nSPS) is 17.9. The molecule has 5 nitrogen and oxygen atoms in total. The second-order valence-corrected chi connectivity index (χ2v) is 4.82. The van der Waals surface area contributed by atoms with E-state index in [0.29, 0.717) is 25.9 Å². The Labute approximate surface area is 102 Å². The topological polar surface area (TPSA) is 92.4 Å². The fourth-order valence-corrected chi connectivity index (χ4v) is 2.39. The highest BCUT2D eigenvalue weighted by atomic mass is 16.4. The fourth-order valence-electron chi connectivity index (χ4n) is 2.39. The summed E-state index contributed by atoms with van der Waals surface area (Å²) in [5.74, 6) is -0.974. The van der Waals surface area contributed by atoms with E-state index in [4.69, 9.17) is 5.73 Å². The van der Waals surface area contributed by atoms with E-state index < -0.39 is 11.4 Å². The fraction of sp³-hybridized carbons (Fsp3) is 0.833. The van der Waals surface area contributed by atoms with Crippen LogP contribution in [-0.2, 0) is 9.59 Å². The minimum atomic E-state index is -0.827. The average molecular weight is 242 g/mol. The van der Waals surface area contributed by atoms with Gasteiger partial charge in [-0.1, -0.05) is 12.8 Å². The van der Waals surface area contributed by atoms with E-state index in [1.54, 1.807) is 0 Å². The number of carbonyl (C=O) groups is 2. The lowest BCUT2D eigenvalue weighted by Crippen LogP contribution is -2.36. The first-order chi connectivity index (χ1) is 8.10. The predicted octanol–water partition coefficient (Wildman–Crippen LogP) is 0.877. The molecule has 0 spiro atoms. The van der Waals surface area contributed by atoms with Crippen molar-refractivity contribution < 1.29 is 14.7 Å². The minimum absolute atomic E-state index is 0.116. The molecule has 0 heterocycles. The molecule has 5 heteroatoms. The quantitative estimate of drug-likeness (QED) is 0.578. The van der Waals surface area contributed by atoms with Crippen molar-refractivity contribution in [2.75, 3.05) is 13.1 Å². The van der Waals surface area contributed by atoms with E-state index in [-0.39, 0.29) is 12.3 Å². The van der Waals surface area contributed by atoms with Crippen LogP contribution in [0.2, 0.25) is 0 Å². The standard InChI is InChI=1S/C12H22N2O3/c13-7-3-4-8-14-10(15)9-12(11(16)17)5-1-2-6-12/h1-9,13H2,(H,14,15)(H,16,17). The SMILES string of the molecule is NCCCCNC(=O)CC1(C(=O)O)CCCC1. The molecule has 4 N–H and O–H groups in total. The summed E-state index contributed by atoms with van der Waals surface area (Å²) in [6.07, 6.45) is 4.91. The van der Waals surface area contributed by atoms with E-state index in [2.05, 4.69) is 5.32 Å². The van der Waals surface area contributed by atoms with Crippen LogP contribution in [0.1, 0.15) is 44.9 Å². The van der Waals surface area contributed by atoms with Gasteiger partial charge in [0.1, 0.15) is 0 Å². The molecule has 0 aromatic rings. The van der Waals surface area contributed by atoms with Crippen molar-refractivity contribution in [2.45, 2.75) is 44.9 Å². The molecule has 1 rings (SSSR count). The van der Waals surface area contributed by atoms with Gasteiger partial charge in [0.25, 0.3) is 0 Å². The Morgan fingerprint density at radius 2 is 1.88 bits per heavy atom. The van der Waals surface area contributed by atoms with Crippen LogP contribution in [0.15, 0.2) is 0 Å². The van der Waals surface area contributed by atoms with Gasteiger partial charge in [-0.15, -0.1) is 0 Å². The molecule has 1 amide bonds. The van der Waals surface area contributed by atoms with Gasteiger partial charge in [0.15, 0.2) is 0 Å². The van der Waals surface area contributed by atoms with Crippen LogP contribution in [0.4, 0.5) is 0 Å². The van der Waals surface area contributed by atoms with Crippen LogP contribution in [0, 0.1) is 5.41 Å². The Hall–Kier alpha value is -1.10. The molecule has 0 aromatic heterocycles. The largest absolute Gasteiger partial charge is 0.481 e. The van der Waals surface area contributed by atoms with Crippen LogP contribution in [0.5, 0.6) is 0 Å². The molecule has 0 saturated heterocycles. The van der Waals surface area contributed by atoms with Gasteiger partial charge >= 0.3 is 5.97 Å². The van der Waals surface area contributed by atoms with Crippen molar-refractivity contribution in [1.82, 2.24) is 5.32 Å². The molecular formula is C12H22N2O3. The number of carboxylic acids is 1. The zero-order valence-electron chi connectivity index (χ0n) is 10.2. The minimum Gasteiger partial charge on any atom is -0.481 e. The van der Waals surface area contributed by atoms with Crippen molar-refractivity contribution >= 4 is 11.9 Å². The number of hydrogen-bond acceptors (Lipinski definition) is 3. The highest BCUT2D eigenvalue weighted by molar-refractivity contribution is 5.85. The first kappa shape index (κ1) is 14.0. The lowest BCUT2D eigenvalue weighted by atomic mass is 9.82. The maximum atomic E-state index is 11.7. The molecule has 1 aliphatic rings. The third kappa shape index (κ3) is 4.00. The third-order valence-corrected chi connectivity index (χ3v) is 3.47.